The van der Waals surface area contributed by atoms with Gasteiger partial charge in [-0.3, -0.25) is 0 Å². The molecule has 0 saturated carbocycles. The Morgan fingerprint density at radius 2 is 0.830 bits per heavy atom. The summed E-state index contributed by atoms with van der Waals surface area (Å²) in [4.78, 5) is 0. The fraction of sp³-hybridized carbons (Fsp3) is 1.00. The monoisotopic (exact) mass is 804 g/mol. The van der Waals surface area contributed by atoms with Crippen molar-refractivity contribution in [2.45, 2.75) is 126 Å². The van der Waals surface area contributed by atoms with Gasteiger partial charge in [-0.2, -0.15) is 57.1 Å². The molecule has 0 spiro atoms. The molecule has 0 bridgehead atoms. The van der Waals surface area contributed by atoms with Crippen LogP contribution in [-0.2, 0) is 21.2 Å². The zero-order valence-corrected chi connectivity index (χ0v) is 32.9. The van der Waals surface area contributed by atoms with Gasteiger partial charge in [-0.15, -0.1) is 0 Å². The predicted molar refractivity (Wildman–Crippen MR) is 159 cm³/mol. The second-order valence-corrected chi connectivity index (χ2v) is 33.3. The predicted octanol–water partition coefficient (Wildman–Crippen LogP) is 9.10. The van der Waals surface area contributed by atoms with E-state index in [1.54, 1.807) is 26.2 Å². The third-order valence-electron chi connectivity index (χ3n) is 6.37. The van der Waals surface area contributed by atoms with E-state index in [-0.39, 0.29) is 13.2 Å². The SMILES string of the molecule is C[Si](C)(CCCOCCO)O[Si](C)(C)O[Si](C)(C)O[Si](C)(C)O[Si](C)(C)CCC(F)(F)C(F)(F)C(F)(F)C(F)(F)C(F)(F)C(F)(F)F. The molecule has 0 aliphatic heterocycles. The molecule has 47 heavy (non-hydrogen) atoms. The number of ether oxygens (including phenoxy) is 1. The molecule has 6 nitrogen and oxygen atoms in total. The first-order valence-corrected chi connectivity index (χ1v) is 29.0. The molecular weight excluding hydrogens is 760 g/mol. The number of hydrogen-bond donors (Lipinski definition) is 1. The van der Waals surface area contributed by atoms with Crippen molar-refractivity contribution in [1.29, 1.82) is 0 Å². The average Bonchev–Trinajstić information content (AvgIpc) is 2.78. The zero-order valence-electron chi connectivity index (χ0n) is 27.9. The molecule has 0 unspecified atom stereocenters. The maximum Gasteiger partial charge on any atom is 0.460 e. The summed E-state index contributed by atoms with van der Waals surface area (Å²) in [7, 11) is -15.3. The molecule has 0 aliphatic carbocycles. The van der Waals surface area contributed by atoms with Gasteiger partial charge in [0, 0.05) is 13.0 Å². The summed E-state index contributed by atoms with van der Waals surface area (Å²) in [5.74, 6) is -37.0. The fourth-order valence-electron chi connectivity index (χ4n) is 4.86. The van der Waals surface area contributed by atoms with E-state index in [9.17, 15) is 57.1 Å². The highest BCUT2D eigenvalue weighted by molar-refractivity contribution is 6.90. The minimum absolute atomic E-state index is 0.102. The number of hydrogen-bond acceptors (Lipinski definition) is 6. The van der Waals surface area contributed by atoms with Crippen molar-refractivity contribution in [3.8, 4) is 0 Å². The summed E-state index contributed by atoms with van der Waals surface area (Å²) in [5, 5.41) is 8.79. The lowest BCUT2D eigenvalue weighted by Gasteiger charge is -2.43. The Balaban J connectivity index is 5.67. The molecule has 0 atom stereocenters. The van der Waals surface area contributed by atoms with E-state index < -0.39 is 90.6 Å². The van der Waals surface area contributed by atoms with Crippen molar-refractivity contribution in [2.24, 2.45) is 0 Å². The van der Waals surface area contributed by atoms with E-state index in [1.165, 1.54) is 26.2 Å². The van der Waals surface area contributed by atoms with Gasteiger partial charge in [0.05, 0.1) is 13.2 Å². The first kappa shape index (κ1) is 46.9. The van der Waals surface area contributed by atoms with Gasteiger partial charge in [0.1, 0.15) is 0 Å². The molecular formula is C23H45F13O6Si5. The smallest absolute Gasteiger partial charge is 0.436 e. The van der Waals surface area contributed by atoms with Crippen molar-refractivity contribution in [1.82, 2.24) is 0 Å². The highest BCUT2D eigenvalue weighted by Crippen LogP contribution is 2.61. The van der Waals surface area contributed by atoms with Crippen molar-refractivity contribution < 1.29 is 83.4 Å². The molecule has 24 heteroatoms. The normalized spacial score (nSPS) is 15.8. The molecule has 0 heterocycles. The van der Waals surface area contributed by atoms with Crippen LogP contribution in [0, 0.1) is 0 Å². The molecule has 0 amide bonds. The topological polar surface area (TPSA) is 66.4 Å². The van der Waals surface area contributed by atoms with E-state index in [0.29, 0.717) is 19.1 Å². The van der Waals surface area contributed by atoms with E-state index in [0.717, 1.165) is 0 Å². The van der Waals surface area contributed by atoms with Crippen LogP contribution in [0.15, 0.2) is 0 Å². The zero-order chi connectivity index (χ0) is 38.0. The summed E-state index contributed by atoms with van der Waals surface area (Å²) >= 11 is 0. The van der Waals surface area contributed by atoms with Crippen LogP contribution in [0.2, 0.25) is 77.6 Å². The van der Waals surface area contributed by atoms with Gasteiger partial charge in [0.2, 0.25) is 0 Å². The molecule has 0 radical (unpaired) electrons. The molecule has 0 aromatic rings. The minimum Gasteiger partial charge on any atom is -0.436 e. The summed E-state index contributed by atoms with van der Waals surface area (Å²) in [6.07, 6.45) is -9.08. The molecule has 1 N–H and O–H groups in total. The van der Waals surface area contributed by atoms with Crippen LogP contribution < -0.4 is 0 Å². The van der Waals surface area contributed by atoms with Crippen molar-refractivity contribution in [3.63, 3.8) is 0 Å². The van der Waals surface area contributed by atoms with Gasteiger partial charge in [0.15, 0.2) is 16.6 Å². The van der Waals surface area contributed by atoms with E-state index in [1.807, 2.05) is 13.1 Å². The summed E-state index contributed by atoms with van der Waals surface area (Å²) in [5.41, 5.74) is 0. The molecule has 0 fully saturated rings. The molecule has 0 aromatic carbocycles. The lowest BCUT2D eigenvalue weighted by atomic mass is 9.93. The standard InChI is InChI=1S/C23H45F13O6Si5/c1-43(2,16-11-14-38-15-13-37)39-45(5,6)41-47(9,10)42-46(7,8)40-44(3,4)17-12-18(24,25)19(26,27)20(28,29)21(30,31)22(32,33)23(34,35)36/h37H,11-17H2,1-10H3. The van der Waals surface area contributed by atoms with E-state index in [2.05, 4.69) is 0 Å². The van der Waals surface area contributed by atoms with Gasteiger partial charge in [0.25, 0.3) is 0 Å². The van der Waals surface area contributed by atoms with Gasteiger partial charge in [-0.1, -0.05) is 0 Å². The Morgan fingerprint density at radius 1 is 0.468 bits per heavy atom. The Bertz CT molecular complexity index is 1010. The Hall–Kier alpha value is -0.0656. The third-order valence-corrected chi connectivity index (χ3v) is 25.6. The fourth-order valence-corrected chi connectivity index (χ4v) is 29.3. The molecule has 284 valence electrons. The second-order valence-electron chi connectivity index (χ2n) is 13.6. The lowest BCUT2D eigenvalue weighted by molar-refractivity contribution is -0.439. The molecule has 0 rings (SSSR count). The second kappa shape index (κ2) is 15.3. The first-order chi connectivity index (χ1) is 20.3. The minimum atomic E-state index is -7.93. The van der Waals surface area contributed by atoms with Crippen LogP contribution in [0.5, 0.6) is 0 Å². The van der Waals surface area contributed by atoms with Crippen LogP contribution in [0.4, 0.5) is 57.1 Å². The number of aliphatic hydroxyl groups is 1. The average molecular weight is 805 g/mol. The highest BCUT2D eigenvalue weighted by Gasteiger charge is 2.90. The summed E-state index contributed by atoms with van der Waals surface area (Å²) in [6, 6.07) is -0.414. The summed E-state index contributed by atoms with van der Waals surface area (Å²) < 4.78 is 205. The Morgan fingerprint density at radius 3 is 1.21 bits per heavy atom. The van der Waals surface area contributed by atoms with E-state index in [4.69, 9.17) is 26.3 Å². The number of alkyl halides is 13. The summed E-state index contributed by atoms with van der Waals surface area (Å²) in [6.45, 7) is 16.6. The molecule has 0 saturated heterocycles. The van der Waals surface area contributed by atoms with Gasteiger partial charge in [-0.05, 0) is 84.0 Å². The van der Waals surface area contributed by atoms with Crippen LogP contribution >= 0.6 is 0 Å². The quantitative estimate of drug-likeness (QED) is 0.0710. The van der Waals surface area contributed by atoms with Crippen LogP contribution in [0.25, 0.3) is 0 Å². The lowest BCUT2D eigenvalue weighted by Crippen LogP contribution is -2.70. The van der Waals surface area contributed by atoms with Gasteiger partial charge in [-0.25, -0.2) is 0 Å². The van der Waals surface area contributed by atoms with Crippen LogP contribution in [0.3, 0.4) is 0 Å². The molecule has 0 aromatic heterocycles. The number of rotatable bonds is 21. The number of halogens is 13. The largest absolute Gasteiger partial charge is 0.460 e. The maximum absolute atomic E-state index is 14.4. The first-order valence-electron chi connectivity index (χ1n) is 14.3. The van der Waals surface area contributed by atoms with Gasteiger partial charge >= 0.3 is 61.5 Å². The highest BCUT2D eigenvalue weighted by atomic mass is 28.5. The van der Waals surface area contributed by atoms with Crippen LogP contribution in [0.1, 0.15) is 12.8 Å². The van der Waals surface area contributed by atoms with Crippen LogP contribution in [-0.4, -0.2) is 103 Å². The third kappa shape index (κ3) is 12.6. The van der Waals surface area contributed by atoms with Crippen molar-refractivity contribution in [2.75, 3.05) is 19.8 Å². The Kier molecular flexibility index (Phi) is 15.2. The Labute approximate surface area is 271 Å². The van der Waals surface area contributed by atoms with E-state index >= 15 is 0 Å². The van der Waals surface area contributed by atoms with Crippen molar-refractivity contribution >= 4 is 42.3 Å². The van der Waals surface area contributed by atoms with Gasteiger partial charge < -0.3 is 26.3 Å². The maximum atomic E-state index is 14.4. The number of aliphatic hydroxyl groups excluding tert-OH is 1. The molecule has 0 aliphatic rings. The van der Waals surface area contributed by atoms with Crippen molar-refractivity contribution in [3.05, 3.63) is 0 Å².